The van der Waals surface area contributed by atoms with E-state index in [4.69, 9.17) is 9.47 Å². The van der Waals surface area contributed by atoms with Gasteiger partial charge >= 0.3 is 5.97 Å². The highest BCUT2D eigenvalue weighted by molar-refractivity contribution is 6.07. The number of ether oxygens (including phenoxy) is 2. The predicted octanol–water partition coefficient (Wildman–Crippen LogP) is 6.50. The van der Waals surface area contributed by atoms with E-state index in [1.54, 1.807) is 43.3 Å². The van der Waals surface area contributed by atoms with Gasteiger partial charge in [-0.2, -0.15) is 0 Å². The summed E-state index contributed by atoms with van der Waals surface area (Å²) < 4.78 is 11.5. The number of anilines is 1. The number of para-hydroxylation sites is 1. The van der Waals surface area contributed by atoms with Gasteiger partial charge in [0.15, 0.2) is 5.75 Å². The number of carbonyl (C=O) groups is 2. The topological polar surface area (TPSA) is 84.9 Å². The summed E-state index contributed by atoms with van der Waals surface area (Å²) in [6, 6.07) is 28.6. The van der Waals surface area contributed by atoms with Crippen LogP contribution in [0, 0.1) is 0 Å². The fourth-order valence-corrected chi connectivity index (χ4v) is 3.50. The Morgan fingerprint density at radius 3 is 2.15 bits per heavy atom. The first-order valence-electron chi connectivity index (χ1n) is 10.8. The number of carboxylic acids is 1. The van der Waals surface area contributed by atoms with Gasteiger partial charge in [0.1, 0.15) is 17.1 Å². The second-order valence-corrected chi connectivity index (χ2v) is 7.40. The Labute approximate surface area is 197 Å². The molecule has 0 bridgehead atoms. The third kappa shape index (κ3) is 5.24. The number of amides is 1. The number of hydrogen-bond donors (Lipinski definition) is 2. The van der Waals surface area contributed by atoms with Crippen LogP contribution in [0.2, 0.25) is 0 Å². The fourth-order valence-electron chi connectivity index (χ4n) is 3.50. The van der Waals surface area contributed by atoms with Crippen LogP contribution in [0.15, 0.2) is 97.1 Å². The van der Waals surface area contributed by atoms with E-state index in [2.05, 4.69) is 5.32 Å². The molecule has 4 aromatic rings. The maximum absolute atomic E-state index is 13.1. The van der Waals surface area contributed by atoms with Gasteiger partial charge in [0.05, 0.1) is 12.3 Å². The van der Waals surface area contributed by atoms with Crippen LogP contribution in [0.3, 0.4) is 0 Å². The van der Waals surface area contributed by atoms with Crippen molar-refractivity contribution in [2.75, 3.05) is 11.9 Å². The molecule has 0 aliphatic carbocycles. The van der Waals surface area contributed by atoms with Gasteiger partial charge < -0.3 is 19.9 Å². The first kappa shape index (κ1) is 22.6. The minimum atomic E-state index is -1.14. The molecule has 0 aromatic heterocycles. The molecular weight excluding hydrogens is 430 g/mol. The molecule has 1 amide bonds. The van der Waals surface area contributed by atoms with Crippen LogP contribution in [0.25, 0.3) is 11.1 Å². The zero-order chi connectivity index (χ0) is 23.9. The molecule has 6 heteroatoms. The number of nitrogens with one attached hydrogen (secondary N) is 1. The molecule has 0 aliphatic rings. The molecular formula is C28H23NO5. The molecule has 0 saturated heterocycles. The minimum absolute atomic E-state index is 0.0281. The number of benzene rings is 4. The van der Waals surface area contributed by atoms with Crippen LogP contribution in [-0.2, 0) is 0 Å². The summed E-state index contributed by atoms with van der Waals surface area (Å²) in [5.74, 6) is -0.288. The van der Waals surface area contributed by atoms with Crippen LogP contribution in [0.1, 0.15) is 27.6 Å². The lowest BCUT2D eigenvalue weighted by atomic mass is 10.0. The van der Waals surface area contributed by atoms with Crippen molar-refractivity contribution in [3.8, 4) is 28.4 Å². The third-order valence-corrected chi connectivity index (χ3v) is 5.04. The summed E-state index contributed by atoms with van der Waals surface area (Å²) in [4.78, 5) is 25.1. The van der Waals surface area contributed by atoms with Crippen LogP contribution >= 0.6 is 0 Å². The summed E-state index contributed by atoms with van der Waals surface area (Å²) in [6.45, 7) is 2.00. The Morgan fingerprint density at radius 2 is 1.47 bits per heavy atom. The van der Waals surface area contributed by atoms with E-state index in [9.17, 15) is 14.7 Å². The van der Waals surface area contributed by atoms with Gasteiger partial charge in [-0.1, -0.05) is 54.6 Å². The van der Waals surface area contributed by atoms with Gasteiger partial charge in [-0.15, -0.1) is 0 Å². The zero-order valence-corrected chi connectivity index (χ0v) is 18.5. The Hall–Kier alpha value is -4.58. The number of aromatic carboxylic acids is 1. The quantitative estimate of drug-likeness (QED) is 0.318. The summed E-state index contributed by atoms with van der Waals surface area (Å²) in [6.07, 6.45) is 0. The van der Waals surface area contributed by atoms with Crippen molar-refractivity contribution in [1.29, 1.82) is 0 Å². The molecule has 0 fully saturated rings. The van der Waals surface area contributed by atoms with Gasteiger partial charge in [0, 0.05) is 5.56 Å². The second-order valence-electron chi connectivity index (χ2n) is 7.40. The SMILES string of the molecule is CCOc1c(NC(=O)c2cccc(Oc3ccccc3)c2)cc(-c2ccccc2)cc1C(=O)O. The Balaban J connectivity index is 1.68. The maximum Gasteiger partial charge on any atom is 0.339 e. The largest absolute Gasteiger partial charge is 0.491 e. The molecule has 0 spiro atoms. The molecule has 2 N–H and O–H groups in total. The highest BCUT2D eigenvalue weighted by Gasteiger charge is 2.20. The van der Waals surface area contributed by atoms with Gasteiger partial charge in [-0.3, -0.25) is 4.79 Å². The number of hydrogen-bond acceptors (Lipinski definition) is 4. The van der Waals surface area contributed by atoms with Crippen molar-refractivity contribution in [1.82, 2.24) is 0 Å². The lowest BCUT2D eigenvalue weighted by Gasteiger charge is -2.16. The van der Waals surface area contributed by atoms with E-state index >= 15 is 0 Å². The monoisotopic (exact) mass is 453 g/mol. The Kier molecular flexibility index (Phi) is 6.89. The average molecular weight is 453 g/mol. The molecule has 170 valence electrons. The Morgan fingerprint density at radius 1 is 0.794 bits per heavy atom. The zero-order valence-electron chi connectivity index (χ0n) is 18.5. The standard InChI is InChI=1S/C28H23NO5/c1-2-33-26-24(28(31)32)17-21(19-10-5-3-6-11-19)18-25(26)29-27(30)20-12-9-15-23(16-20)34-22-13-7-4-8-14-22/h3-18H,2H2,1H3,(H,29,30)(H,31,32). The lowest BCUT2D eigenvalue weighted by molar-refractivity contribution is 0.0692. The van der Waals surface area contributed by atoms with Crippen molar-refractivity contribution in [2.24, 2.45) is 0 Å². The van der Waals surface area contributed by atoms with E-state index in [0.29, 0.717) is 22.6 Å². The smallest absolute Gasteiger partial charge is 0.339 e. The maximum atomic E-state index is 13.1. The summed E-state index contributed by atoms with van der Waals surface area (Å²) in [5.41, 5.74) is 2.08. The van der Waals surface area contributed by atoms with E-state index < -0.39 is 11.9 Å². The summed E-state index contributed by atoms with van der Waals surface area (Å²) in [5, 5.41) is 12.6. The van der Waals surface area contributed by atoms with E-state index in [-0.39, 0.29) is 23.6 Å². The van der Waals surface area contributed by atoms with Crippen LogP contribution in [0.5, 0.6) is 17.2 Å². The van der Waals surface area contributed by atoms with Crippen molar-refractivity contribution in [2.45, 2.75) is 6.92 Å². The molecule has 0 heterocycles. The van der Waals surface area contributed by atoms with Gasteiger partial charge in [0.25, 0.3) is 5.91 Å². The first-order valence-corrected chi connectivity index (χ1v) is 10.8. The first-order chi connectivity index (χ1) is 16.5. The molecule has 0 atom stereocenters. The number of rotatable bonds is 8. The van der Waals surface area contributed by atoms with E-state index in [1.807, 2.05) is 60.7 Å². The van der Waals surface area contributed by atoms with Crippen LogP contribution < -0.4 is 14.8 Å². The van der Waals surface area contributed by atoms with Crippen molar-refractivity contribution >= 4 is 17.6 Å². The number of carboxylic acid groups (broad SMARTS) is 1. The highest BCUT2D eigenvalue weighted by Crippen LogP contribution is 2.35. The van der Waals surface area contributed by atoms with Gasteiger partial charge in [-0.05, 0) is 60.5 Å². The van der Waals surface area contributed by atoms with Crippen molar-refractivity contribution in [3.63, 3.8) is 0 Å². The van der Waals surface area contributed by atoms with E-state index in [0.717, 1.165) is 5.56 Å². The summed E-state index contributed by atoms with van der Waals surface area (Å²) >= 11 is 0. The molecule has 0 aliphatic heterocycles. The minimum Gasteiger partial charge on any atom is -0.491 e. The molecule has 4 aromatic carbocycles. The van der Waals surface area contributed by atoms with Crippen LogP contribution in [-0.4, -0.2) is 23.6 Å². The average Bonchev–Trinajstić information content (AvgIpc) is 2.86. The van der Waals surface area contributed by atoms with Crippen molar-refractivity contribution < 1.29 is 24.2 Å². The predicted molar refractivity (Wildman–Crippen MR) is 131 cm³/mol. The number of carbonyl (C=O) groups excluding carboxylic acids is 1. The van der Waals surface area contributed by atoms with Crippen molar-refractivity contribution in [3.05, 3.63) is 108 Å². The van der Waals surface area contributed by atoms with Crippen LogP contribution in [0.4, 0.5) is 5.69 Å². The van der Waals surface area contributed by atoms with Gasteiger partial charge in [0.2, 0.25) is 0 Å². The fraction of sp³-hybridized carbons (Fsp3) is 0.0714. The van der Waals surface area contributed by atoms with Gasteiger partial charge in [-0.25, -0.2) is 4.79 Å². The molecule has 0 radical (unpaired) electrons. The summed E-state index contributed by atoms with van der Waals surface area (Å²) in [7, 11) is 0. The third-order valence-electron chi connectivity index (χ3n) is 5.04. The van der Waals surface area contributed by atoms with E-state index in [1.165, 1.54) is 0 Å². The molecule has 0 saturated carbocycles. The Bertz CT molecular complexity index is 1300. The highest BCUT2D eigenvalue weighted by atomic mass is 16.5. The second kappa shape index (κ2) is 10.4. The lowest BCUT2D eigenvalue weighted by Crippen LogP contribution is -2.15. The normalized spacial score (nSPS) is 10.4. The molecule has 4 rings (SSSR count). The molecule has 34 heavy (non-hydrogen) atoms. The molecule has 6 nitrogen and oxygen atoms in total. The molecule has 0 unspecified atom stereocenters.